The van der Waals surface area contributed by atoms with E-state index in [1.54, 1.807) is 13.8 Å². The summed E-state index contributed by atoms with van der Waals surface area (Å²) >= 11 is 6.06. The molecule has 152 valence electrons. The van der Waals surface area contributed by atoms with Gasteiger partial charge in [-0.05, 0) is 43.7 Å². The minimum atomic E-state index is -4.71. The van der Waals surface area contributed by atoms with Crippen LogP contribution < -0.4 is 4.90 Å². The topological polar surface area (TPSA) is 66.9 Å². The van der Waals surface area contributed by atoms with Gasteiger partial charge in [0.05, 0.1) is 18.2 Å². The van der Waals surface area contributed by atoms with E-state index >= 15 is 0 Å². The van der Waals surface area contributed by atoms with Gasteiger partial charge >= 0.3 is 18.2 Å². The number of alkyl halides is 3. The molecule has 6 nitrogen and oxygen atoms in total. The quantitative estimate of drug-likeness (QED) is 0.547. The van der Waals surface area contributed by atoms with Crippen LogP contribution in [0.2, 0.25) is 5.02 Å². The fraction of sp³-hybridized carbons (Fsp3) is 0.389. The third-order valence-corrected chi connectivity index (χ3v) is 4.29. The highest BCUT2D eigenvalue weighted by molar-refractivity contribution is 6.32. The fourth-order valence-electron chi connectivity index (χ4n) is 2.61. The summed E-state index contributed by atoms with van der Waals surface area (Å²) in [6.07, 6.45) is -3.47. The average Bonchev–Trinajstić information content (AvgIpc) is 2.56. The van der Waals surface area contributed by atoms with Crippen LogP contribution in [0.25, 0.3) is 6.08 Å². The Balaban J connectivity index is 2.31. The lowest BCUT2D eigenvalue weighted by Gasteiger charge is -2.38. The highest BCUT2D eigenvalue weighted by Gasteiger charge is 2.50. The van der Waals surface area contributed by atoms with Crippen LogP contribution in [0.1, 0.15) is 25.8 Å². The molecular weight excluding hydrogens is 401 g/mol. The Labute approximate surface area is 164 Å². The molecule has 0 radical (unpaired) electrons. The zero-order valence-corrected chi connectivity index (χ0v) is 16.0. The van der Waals surface area contributed by atoms with Crippen molar-refractivity contribution in [1.29, 1.82) is 0 Å². The summed E-state index contributed by atoms with van der Waals surface area (Å²) < 4.78 is 44.0. The molecule has 10 heteroatoms. The van der Waals surface area contributed by atoms with Crippen LogP contribution >= 0.6 is 11.6 Å². The van der Waals surface area contributed by atoms with Crippen LogP contribution in [-0.2, 0) is 14.3 Å². The highest BCUT2D eigenvalue weighted by Crippen LogP contribution is 2.34. The summed E-state index contributed by atoms with van der Waals surface area (Å²) in [7, 11) is 0.985. The van der Waals surface area contributed by atoms with Crippen LogP contribution in [0.3, 0.4) is 0 Å². The van der Waals surface area contributed by atoms with Crippen LogP contribution in [0.5, 0.6) is 0 Å². The number of rotatable bonds is 4. The number of urea groups is 1. The first-order chi connectivity index (χ1) is 12.9. The van der Waals surface area contributed by atoms with Crippen molar-refractivity contribution in [3.63, 3.8) is 0 Å². The lowest BCUT2D eigenvalue weighted by Crippen LogP contribution is -2.60. The van der Waals surface area contributed by atoms with Crippen molar-refractivity contribution >= 4 is 41.3 Å². The molecule has 0 bridgehead atoms. The number of benzene rings is 1. The number of esters is 1. The molecule has 0 aliphatic carbocycles. The summed E-state index contributed by atoms with van der Waals surface area (Å²) in [6, 6.07) is 0.764. The molecule has 1 unspecified atom stereocenters. The van der Waals surface area contributed by atoms with E-state index < -0.39 is 36.5 Å². The summed E-state index contributed by atoms with van der Waals surface area (Å²) in [5, 5.41) is 0.218. The first-order valence-corrected chi connectivity index (χ1v) is 8.64. The summed E-state index contributed by atoms with van der Waals surface area (Å²) in [5.74, 6) is -1.60. The molecule has 1 aromatic carbocycles. The normalized spacial score (nSPS) is 18.4. The molecule has 0 aromatic heterocycles. The monoisotopic (exact) mass is 418 g/mol. The molecule has 2 rings (SSSR count). The van der Waals surface area contributed by atoms with E-state index in [1.807, 2.05) is 0 Å². The van der Waals surface area contributed by atoms with Gasteiger partial charge in [-0.1, -0.05) is 11.6 Å². The Morgan fingerprint density at radius 3 is 2.54 bits per heavy atom. The van der Waals surface area contributed by atoms with E-state index in [2.05, 4.69) is 0 Å². The van der Waals surface area contributed by atoms with Crippen molar-refractivity contribution < 1.29 is 32.3 Å². The van der Waals surface area contributed by atoms with E-state index in [0.717, 1.165) is 13.1 Å². The van der Waals surface area contributed by atoms with Crippen molar-refractivity contribution in [3.05, 3.63) is 34.9 Å². The predicted molar refractivity (Wildman–Crippen MR) is 96.8 cm³/mol. The van der Waals surface area contributed by atoms with Crippen molar-refractivity contribution in [2.45, 2.75) is 38.6 Å². The Morgan fingerprint density at radius 1 is 1.32 bits per heavy atom. The largest absolute Gasteiger partial charge is 0.460 e. The number of amides is 3. The summed E-state index contributed by atoms with van der Waals surface area (Å²) in [6.45, 7) is 3.36. The number of carbonyl (C=O) groups excluding carboxylic acids is 3. The van der Waals surface area contributed by atoms with E-state index in [4.69, 9.17) is 16.3 Å². The molecule has 0 N–H and O–H groups in total. The summed E-state index contributed by atoms with van der Waals surface area (Å²) in [5.41, 5.74) is 0.338. The number of carbonyl (C=O) groups is 3. The highest BCUT2D eigenvalue weighted by atomic mass is 35.5. The van der Waals surface area contributed by atoms with Gasteiger partial charge in [-0.25, -0.2) is 14.5 Å². The van der Waals surface area contributed by atoms with Gasteiger partial charge < -0.3 is 9.64 Å². The van der Waals surface area contributed by atoms with Gasteiger partial charge in [0.15, 0.2) is 0 Å². The second-order valence-electron chi connectivity index (χ2n) is 6.41. The first kappa shape index (κ1) is 21.7. The lowest BCUT2D eigenvalue weighted by molar-refractivity contribution is -0.179. The zero-order chi connectivity index (χ0) is 21.2. The lowest BCUT2D eigenvalue weighted by atomic mass is 10.1. The third-order valence-electron chi connectivity index (χ3n) is 3.94. The van der Waals surface area contributed by atoms with Gasteiger partial charge in [-0.3, -0.25) is 4.79 Å². The van der Waals surface area contributed by atoms with Crippen molar-refractivity contribution in [3.8, 4) is 0 Å². The van der Waals surface area contributed by atoms with E-state index in [1.165, 1.54) is 24.3 Å². The van der Waals surface area contributed by atoms with Crippen molar-refractivity contribution in [2.24, 2.45) is 0 Å². The number of ether oxygens (including phenoxy) is 1. The maximum Gasteiger partial charge on any atom is 0.409 e. The predicted octanol–water partition coefficient (Wildman–Crippen LogP) is 4.02. The van der Waals surface area contributed by atoms with Crippen molar-refractivity contribution in [1.82, 2.24) is 4.90 Å². The molecule has 1 heterocycles. The Hall–Kier alpha value is -2.55. The number of hydrogen-bond acceptors (Lipinski definition) is 4. The van der Waals surface area contributed by atoms with E-state index in [-0.39, 0.29) is 16.8 Å². The number of halogens is 4. The Bertz CT molecular complexity index is 824. The Kier molecular flexibility index (Phi) is 6.38. The maximum absolute atomic E-state index is 13.0. The molecule has 0 saturated carbocycles. The van der Waals surface area contributed by atoms with Crippen molar-refractivity contribution in [2.75, 3.05) is 11.9 Å². The number of anilines is 1. The summed E-state index contributed by atoms with van der Waals surface area (Å²) in [4.78, 5) is 37.4. The second kappa shape index (κ2) is 8.22. The standard InChI is InChI=1S/C18H18ClF3N2O4/c1-10(2)28-16(26)7-4-11-8-12(5-6-13(11)19)24-15(25)9-14(18(20,21)22)23(3)17(24)27/h4-8,10,14H,9H2,1-3H3. The molecule has 1 aromatic rings. The minimum absolute atomic E-state index is 0.0451. The molecule has 1 saturated heterocycles. The zero-order valence-electron chi connectivity index (χ0n) is 15.3. The van der Waals surface area contributed by atoms with E-state index in [9.17, 15) is 27.6 Å². The van der Waals surface area contributed by atoms with Gasteiger partial charge in [0.25, 0.3) is 0 Å². The van der Waals surface area contributed by atoms with Gasteiger partial charge in [-0.15, -0.1) is 0 Å². The number of nitrogens with zero attached hydrogens (tertiary/aromatic N) is 2. The second-order valence-corrected chi connectivity index (χ2v) is 6.82. The molecule has 1 aliphatic rings. The fourth-order valence-corrected chi connectivity index (χ4v) is 2.79. The smallest absolute Gasteiger partial charge is 0.409 e. The Morgan fingerprint density at radius 2 is 1.96 bits per heavy atom. The SMILES string of the molecule is CC(C)OC(=O)C=Cc1cc(N2C(=O)CC(C(F)(F)F)N(C)C2=O)ccc1Cl. The molecule has 28 heavy (non-hydrogen) atoms. The van der Waals surface area contributed by atoms with Crippen LogP contribution in [-0.4, -0.2) is 48.2 Å². The van der Waals surface area contributed by atoms with E-state index in [0.29, 0.717) is 15.4 Å². The van der Waals surface area contributed by atoms with Gasteiger partial charge in [0.1, 0.15) is 6.04 Å². The minimum Gasteiger partial charge on any atom is -0.460 e. The molecule has 1 fully saturated rings. The molecular formula is C18H18ClF3N2O4. The maximum atomic E-state index is 13.0. The first-order valence-electron chi connectivity index (χ1n) is 8.26. The number of imide groups is 1. The molecule has 3 amide bonds. The van der Waals surface area contributed by atoms with Crippen LogP contribution in [0.4, 0.5) is 23.7 Å². The third kappa shape index (κ3) is 4.83. The van der Waals surface area contributed by atoms with Gasteiger partial charge in [0, 0.05) is 18.1 Å². The molecule has 1 aliphatic heterocycles. The van der Waals surface area contributed by atoms with Crippen LogP contribution in [0, 0.1) is 0 Å². The van der Waals surface area contributed by atoms with Gasteiger partial charge in [0.2, 0.25) is 5.91 Å². The molecule has 0 spiro atoms. The van der Waals surface area contributed by atoms with Crippen LogP contribution in [0.15, 0.2) is 24.3 Å². The van der Waals surface area contributed by atoms with Gasteiger partial charge in [-0.2, -0.15) is 13.2 Å². The number of hydrogen-bond donors (Lipinski definition) is 0. The average molecular weight is 419 g/mol. The molecule has 1 atom stereocenters.